The molecule has 3 rings (SSSR count). The lowest BCUT2D eigenvalue weighted by Crippen LogP contribution is -2.44. The lowest BCUT2D eigenvalue weighted by atomic mass is 9.97. The van der Waals surface area contributed by atoms with Crippen molar-refractivity contribution in [2.45, 2.75) is 30.5 Å². The first-order valence-electron chi connectivity index (χ1n) is 8.94. The Morgan fingerprint density at radius 1 is 1.33 bits per heavy atom. The fourth-order valence-corrected chi connectivity index (χ4v) is 4.59. The minimum absolute atomic E-state index is 0.00538. The Morgan fingerprint density at radius 2 is 2.11 bits per heavy atom. The zero-order chi connectivity index (χ0) is 19.2. The average molecular weight is 406 g/mol. The van der Waals surface area contributed by atoms with Gasteiger partial charge in [0.15, 0.2) is 4.34 Å². The second kappa shape index (κ2) is 9.18. The van der Waals surface area contributed by atoms with Gasteiger partial charge in [0.05, 0.1) is 11.7 Å². The molecule has 0 aliphatic carbocycles. The summed E-state index contributed by atoms with van der Waals surface area (Å²) in [6.45, 7) is 3.22. The molecule has 0 radical (unpaired) electrons. The average Bonchev–Trinajstić information content (AvgIpc) is 3.14. The quantitative estimate of drug-likeness (QED) is 0.687. The van der Waals surface area contributed by atoms with Crippen LogP contribution in [0.2, 0.25) is 0 Å². The number of aromatic nitrogens is 2. The summed E-state index contributed by atoms with van der Waals surface area (Å²) in [5, 5.41) is 12.2. The Morgan fingerprint density at radius 3 is 2.81 bits per heavy atom. The van der Waals surface area contributed by atoms with Gasteiger partial charge in [0, 0.05) is 18.8 Å². The van der Waals surface area contributed by atoms with Gasteiger partial charge in [-0.1, -0.05) is 42.2 Å². The molecule has 1 unspecified atom stereocenters. The smallest absolute Gasteiger partial charge is 0.233 e. The SMILES string of the molecule is CCc1ccc(Nc2nnc(SCC(=O)N3CCCC(C(N)=O)C3)s2)cc1. The molecular weight excluding hydrogens is 382 g/mol. The number of nitrogens with one attached hydrogen (secondary N) is 1. The van der Waals surface area contributed by atoms with Crippen molar-refractivity contribution in [3.8, 4) is 0 Å². The first-order chi connectivity index (χ1) is 13.0. The van der Waals surface area contributed by atoms with Crippen molar-refractivity contribution < 1.29 is 9.59 Å². The topological polar surface area (TPSA) is 101 Å². The molecule has 1 fully saturated rings. The summed E-state index contributed by atoms with van der Waals surface area (Å²) < 4.78 is 0.736. The molecule has 1 aliphatic rings. The van der Waals surface area contributed by atoms with Gasteiger partial charge in [-0.05, 0) is 37.0 Å². The van der Waals surface area contributed by atoms with Gasteiger partial charge in [-0.2, -0.15) is 0 Å². The van der Waals surface area contributed by atoms with E-state index >= 15 is 0 Å². The number of carbonyl (C=O) groups excluding carboxylic acids is 2. The maximum Gasteiger partial charge on any atom is 0.233 e. The van der Waals surface area contributed by atoms with Gasteiger partial charge in [-0.25, -0.2) is 0 Å². The minimum atomic E-state index is -0.327. The van der Waals surface area contributed by atoms with E-state index in [4.69, 9.17) is 5.73 Å². The highest BCUT2D eigenvalue weighted by Gasteiger charge is 2.27. The highest BCUT2D eigenvalue weighted by molar-refractivity contribution is 8.01. The highest BCUT2D eigenvalue weighted by Crippen LogP contribution is 2.28. The van der Waals surface area contributed by atoms with Crippen LogP contribution in [0, 0.1) is 5.92 Å². The summed E-state index contributed by atoms with van der Waals surface area (Å²) in [5.41, 5.74) is 7.61. The van der Waals surface area contributed by atoms with Crippen molar-refractivity contribution in [1.29, 1.82) is 0 Å². The third-order valence-electron chi connectivity index (χ3n) is 4.52. The molecule has 2 aromatic rings. The number of thioether (sulfide) groups is 1. The van der Waals surface area contributed by atoms with Crippen LogP contribution in [-0.4, -0.2) is 45.8 Å². The number of aryl methyl sites for hydroxylation is 1. The summed E-state index contributed by atoms with van der Waals surface area (Å²) in [4.78, 5) is 25.5. The van der Waals surface area contributed by atoms with Gasteiger partial charge in [0.25, 0.3) is 0 Å². The fourth-order valence-electron chi connectivity index (χ4n) is 2.92. The van der Waals surface area contributed by atoms with Crippen molar-refractivity contribution in [1.82, 2.24) is 15.1 Å². The van der Waals surface area contributed by atoms with Crippen LogP contribution in [0.25, 0.3) is 0 Å². The number of anilines is 2. The molecule has 144 valence electrons. The monoisotopic (exact) mass is 405 g/mol. The standard InChI is InChI=1S/C18H23N5O2S2/c1-2-12-5-7-14(8-6-12)20-17-21-22-18(27-17)26-11-15(24)23-9-3-4-13(10-23)16(19)25/h5-8,13H,2-4,9-11H2,1H3,(H2,19,25)(H,20,21). The van der Waals surface area contributed by atoms with Crippen LogP contribution >= 0.6 is 23.1 Å². The lowest BCUT2D eigenvalue weighted by Gasteiger charge is -2.31. The van der Waals surface area contributed by atoms with Crippen LogP contribution in [0.3, 0.4) is 0 Å². The summed E-state index contributed by atoms with van der Waals surface area (Å²) >= 11 is 2.78. The number of likely N-dealkylation sites (tertiary alicyclic amines) is 1. The van der Waals surface area contributed by atoms with E-state index in [2.05, 4.69) is 34.6 Å². The fraction of sp³-hybridized carbons (Fsp3) is 0.444. The number of nitrogens with zero attached hydrogens (tertiary/aromatic N) is 3. The summed E-state index contributed by atoms with van der Waals surface area (Å²) in [5.74, 6) is -0.271. The lowest BCUT2D eigenvalue weighted by molar-refractivity contribution is -0.132. The Balaban J connectivity index is 1.50. The molecule has 1 atom stereocenters. The normalized spacial score (nSPS) is 16.9. The van der Waals surface area contributed by atoms with Crippen LogP contribution in [0.5, 0.6) is 0 Å². The van der Waals surface area contributed by atoms with Crippen LogP contribution in [0.4, 0.5) is 10.8 Å². The molecule has 0 saturated carbocycles. The maximum absolute atomic E-state index is 12.4. The molecule has 2 amide bonds. The molecule has 27 heavy (non-hydrogen) atoms. The molecule has 7 nitrogen and oxygen atoms in total. The van der Waals surface area contributed by atoms with Gasteiger partial charge in [-0.3, -0.25) is 9.59 Å². The largest absolute Gasteiger partial charge is 0.369 e. The van der Waals surface area contributed by atoms with Crippen molar-refractivity contribution in [2.24, 2.45) is 11.7 Å². The molecule has 9 heteroatoms. The predicted molar refractivity (Wildman–Crippen MR) is 108 cm³/mol. The van der Waals surface area contributed by atoms with Gasteiger partial charge in [-0.15, -0.1) is 10.2 Å². The molecule has 1 saturated heterocycles. The summed E-state index contributed by atoms with van der Waals surface area (Å²) in [6.07, 6.45) is 2.58. The zero-order valence-corrected chi connectivity index (χ0v) is 16.8. The van der Waals surface area contributed by atoms with E-state index in [0.717, 1.165) is 29.3 Å². The maximum atomic E-state index is 12.4. The Hall–Kier alpha value is -2.13. The molecule has 2 heterocycles. The number of hydrogen-bond donors (Lipinski definition) is 2. The third kappa shape index (κ3) is 5.43. The Labute approximate surface area is 166 Å². The Kier molecular flexibility index (Phi) is 6.68. The van der Waals surface area contributed by atoms with E-state index in [9.17, 15) is 9.59 Å². The van der Waals surface area contributed by atoms with Gasteiger partial charge < -0.3 is 16.0 Å². The zero-order valence-electron chi connectivity index (χ0n) is 15.2. The van der Waals surface area contributed by atoms with Crippen LogP contribution in [-0.2, 0) is 16.0 Å². The third-order valence-corrected chi connectivity index (χ3v) is 6.47. The van der Waals surface area contributed by atoms with E-state index in [-0.39, 0.29) is 23.5 Å². The van der Waals surface area contributed by atoms with E-state index in [1.165, 1.54) is 28.7 Å². The number of carbonyl (C=O) groups is 2. The van der Waals surface area contributed by atoms with Gasteiger partial charge in [0.1, 0.15) is 0 Å². The molecule has 1 aromatic heterocycles. The highest BCUT2D eigenvalue weighted by atomic mass is 32.2. The molecule has 1 aromatic carbocycles. The van der Waals surface area contributed by atoms with E-state index in [1.807, 2.05) is 12.1 Å². The van der Waals surface area contributed by atoms with Crippen molar-refractivity contribution in [2.75, 3.05) is 24.2 Å². The van der Waals surface area contributed by atoms with E-state index in [1.54, 1.807) is 4.90 Å². The molecule has 1 aliphatic heterocycles. The number of amides is 2. The summed E-state index contributed by atoms with van der Waals surface area (Å²) in [6, 6.07) is 8.19. The van der Waals surface area contributed by atoms with Crippen molar-refractivity contribution in [3.63, 3.8) is 0 Å². The minimum Gasteiger partial charge on any atom is -0.369 e. The van der Waals surface area contributed by atoms with Crippen molar-refractivity contribution >= 4 is 45.7 Å². The molecule has 3 N–H and O–H groups in total. The second-order valence-electron chi connectivity index (χ2n) is 6.42. The van der Waals surface area contributed by atoms with Crippen molar-refractivity contribution in [3.05, 3.63) is 29.8 Å². The number of rotatable bonds is 7. The van der Waals surface area contributed by atoms with E-state index in [0.29, 0.717) is 18.2 Å². The molecule has 0 bridgehead atoms. The number of primary amides is 1. The van der Waals surface area contributed by atoms with Gasteiger partial charge >= 0.3 is 0 Å². The van der Waals surface area contributed by atoms with E-state index < -0.39 is 0 Å². The van der Waals surface area contributed by atoms with Crippen LogP contribution < -0.4 is 11.1 Å². The predicted octanol–water partition coefficient (Wildman–Crippen LogP) is 2.66. The second-order valence-corrected chi connectivity index (χ2v) is 8.62. The first kappa shape index (κ1) is 19.6. The Bertz CT molecular complexity index is 793. The molecule has 0 spiro atoms. The number of hydrogen-bond acceptors (Lipinski definition) is 7. The van der Waals surface area contributed by atoms with Crippen LogP contribution in [0.1, 0.15) is 25.3 Å². The first-order valence-corrected chi connectivity index (χ1v) is 10.7. The number of nitrogens with two attached hydrogens (primary N) is 1. The number of piperidine rings is 1. The van der Waals surface area contributed by atoms with Gasteiger partial charge in [0.2, 0.25) is 16.9 Å². The molecular formula is C18H23N5O2S2. The number of benzene rings is 1. The van der Waals surface area contributed by atoms with Crippen LogP contribution in [0.15, 0.2) is 28.6 Å². The summed E-state index contributed by atoms with van der Waals surface area (Å²) in [7, 11) is 0.